The van der Waals surface area contributed by atoms with E-state index in [2.05, 4.69) is 20.3 Å². The molecular weight excluding hydrogens is 469 g/mol. The Bertz CT molecular complexity index is 1470. The lowest BCUT2D eigenvalue weighted by molar-refractivity contribution is -0.137. The number of nitrogens with zero attached hydrogens (tertiary/aromatic N) is 3. The predicted octanol–water partition coefficient (Wildman–Crippen LogP) is 4.10. The molecule has 0 fully saturated rings. The maximum Gasteiger partial charge on any atom is 0.416 e. The van der Waals surface area contributed by atoms with Crippen molar-refractivity contribution in [1.29, 1.82) is 0 Å². The van der Waals surface area contributed by atoms with Crippen molar-refractivity contribution < 1.29 is 21.6 Å². The van der Waals surface area contributed by atoms with E-state index < -0.39 is 21.8 Å². The van der Waals surface area contributed by atoms with E-state index in [0.29, 0.717) is 40.3 Å². The third-order valence-corrected chi connectivity index (χ3v) is 5.99. The van der Waals surface area contributed by atoms with Crippen LogP contribution in [0.3, 0.4) is 0 Å². The van der Waals surface area contributed by atoms with Crippen LogP contribution >= 0.6 is 0 Å². The summed E-state index contributed by atoms with van der Waals surface area (Å²) in [6.45, 7) is 0.504. The molecule has 2 heterocycles. The number of sulfonamides is 1. The van der Waals surface area contributed by atoms with Crippen LogP contribution in [-0.4, -0.2) is 42.4 Å². The smallest absolute Gasteiger partial charge is 0.339 e. The highest BCUT2D eigenvalue weighted by Crippen LogP contribution is 2.34. The molecule has 0 unspecified atom stereocenters. The highest BCUT2D eigenvalue weighted by molar-refractivity contribution is 7.89. The zero-order valence-electron chi connectivity index (χ0n) is 18.2. The normalized spacial score (nSPS) is 12.4. The van der Waals surface area contributed by atoms with Crippen LogP contribution in [0.4, 0.5) is 24.7 Å². The Morgan fingerprint density at radius 2 is 1.85 bits per heavy atom. The Balaban J connectivity index is 1.78. The zero-order chi connectivity index (χ0) is 24.7. The largest absolute Gasteiger partial charge is 0.416 e. The number of hydrogen-bond acceptors (Lipinski definition) is 6. The second-order valence-electron chi connectivity index (χ2n) is 7.97. The van der Waals surface area contributed by atoms with E-state index in [0.717, 1.165) is 17.7 Å². The van der Waals surface area contributed by atoms with Crippen molar-refractivity contribution in [3.8, 4) is 11.3 Å². The SMILES string of the molecule is CN(C)Cc1ccc(S(N)(=O)=O)cc1Nc1ncnc2[nH]c(-c3cccc(C(F)(F)F)c3)cc12. The molecule has 4 N–H and O–H groups in total. The first-order valence-corrected chi connectivity index (χ1v) is 11.6. The molecule has 0 radical (unpaired) electrons. The summed E-state index contributed by atoms with van der Waals surface area (Å²) in [4.78, 5) is 13.3. The Morgan fingerprint density at radius 3 is 2.53 bits per heavy atom. The van der Waals surface area contributed by atoms with Gasteiger partial charge in [0.15, 0.2) is 0 Å². The Morgan fingerprint density at radius 1 is 1.09 bits per heavy atom. The van der Waals surface area contributed by atoms with Crippen LogP contribution in [0.2, 0.25) is 0 Å². The third-order valence-electron chi connectivity index (χ3n) is 5.08. The van der Waals surface area contributed by atoms with Gasteiger partial charge in [0.2, 0.25) is 10.0 Å². The maximum absolute atomic E-state index is 13.1. The molecule has 4 rings (SSSR count). The third kappa shape index (κ3) is 5.03. The fourth-order valence-corrected chi connectivity index (χ4v) is 4.05. The minimum Gasteiger partial charge on any atom is -0.339 e. The van der Waals surface area contributed by atoms with Gasteiger partial charge in [-0.3, -0.25) is 0 Å². The fourth-order valence-electron chi connectivity index (χ4n) is 3.51. The Labute approximate surface area is 193 Å². The molecule has 2 aromatic heterocycles. The predicted molar refractivity (Wildman–Crippen MR) is 123 cm³/mol. The molecule has 2 aromatic carbocycles. The molecule has 34 heavy (non-hydrogen) atoms. The van der Waals surface area contributed by atoms with Crippen LogP contribution < -0.4 is 10.5 Å². The van der Waals surface area contributed by atoms with Crippen molar-refractivity contribution in [3.63, 3.8) is 0 Å². The Kier molecular flexibility index (Phi) is 6.06. The summed E-state index contributed by atoms with van der Waals surface area (Å²) >= 11 is 0. The highest BCUT2D eigenvalue weighted by atomic mass is 32.2. The van der Waals surface area contributed by atoms with Gasteiger partial charge in [0.1, 0.15) is 17.8 Å². The maximum atomic E-state index is 13.1. The van der Waals surface area contributed by atoms with Gasteiger partial charge in [0.25, 0.3) is 0 Å². The quantitative estimate of drug-likeness (QED) is 0.375. The van der Waals surface area contributed by atoms with Gasteiger partial charge in [0, 0.05) is 17.9 Å². The molecule has 0 spiro atoms. The number of halogens is 3. The van der Waals surface area contributed by atoms with Gasteiger partial charge in [-0.25, -0.2) is 23.5 Å². The van der Waals surface area contributed by atoms with E-state index in [4.69, 9.17) is 5.14 Å². The number of nitrogens with one attached hydrogen (secondary N) is 2. The summed E-state index contributed by atoms with van der Waals surface area (Å²) in [5.41, 5.74) is 1.67. The van der Waals surface area contributed by atoms with E-state index >= 15 is 0 Å². The van der Waals surface area contributed by atoms with Crippen molar-refractivity contribution >= 4 is 32.6 Å². The topological polar surface area (TPSA) is 117 Å². The molecule has 0 amide bonds. The summed E-state index contributed by atoms with van der Waals surface area (Å²) < 4.78 is 63.2. The molecule has 8 nitrogen and oxygen atoms in total. The van der Waals surface area contributed by atoms with Gasteiger partial charge in [-0.15, -0.1) is 0 Å². The molecule has 12 heteroatoms. The number of rotatable bonds is 6. The number of hydrogen-bond donors (Lipinski definition) is 3. The molecule has 0 aliphatic rings. The number of alkyl halides is 3. The first kappa shape index (κ1) is 23.7. The number of aromatic nitrogens is 3. The van der Waals surface area contributed by atoms with Crippen LogP contribution in [0.15, 0.2) is 59.8 Å². The van der Waals surface area contributed by atoms with Crippen molar-refractivity contribution in [1.82, 2.24) is 19.9 Å². The summed E-state index contributed by atoms with van der Waals surface area (Å²) in [6, 6.07) is 11.1. The van der Waals surface area contributed by atoms with E-state index in [1.165, 1.54) is 24.5 Å². The van der Waals surface area contributed by atoms with E-state index in [1.54, 1.807) is 18.2 Å². The number of aromatic amines is 1. The van der Waals surface area contributed by atoms with E-state index in [1.807, 2.05) is 19.0 Å². The first-order chi connectivity index (χ1) is 15.9. The first-order valence-electron chi connectivity index (χ1n) is 10.0. The average molecular weight is 491 g/mol. The second kappa shape index (κ2) is 8.70. The summed E-state index contributed by atoms with van der Waals surface area (Å²) in [5, 5.41) is 8.95. The van der Waals surface area contributed by atoms with E-state index in [9.17, 15) is 21.6 Å². The summed E-state index contributed by atoms with van der Waals surface area (Å²) in [7, 11) is -0.200. The molecule has 0 bridgehead atoms. The van der Waals surface area contributed by atoms with Crippen LogP contribution in [-0.2, 0) is 22.7 Å². The molecule has 0 saturated carbocycles. The van der Waals surface area contributed by atoms with Gasteiger partial charge in [-0.1, -0.05) is 18.2 Å². The second-order valence-corrected chi connectivity index (χ2v) is 9.53. The van der Waals surface area contributed by atoms with Gasteiger partial charge in [-0.2, -0.15) is 13.2 Å². The van der Waals surface area contributed by atoms with Gasteiger partial charge in [-0.05, 0) is 55.6 Å². The highest BCUT2D eigenvalue weighted by Gasteiger charge is 2.30. The Hall–Kier alpha value is -3.48. The van der Waals surface area contributed by atoms with Gasteiger partial charge >= 0.3 is 6.18 Å². The minimum atomic E-state index is -4.47. The lowest BCUT2D eigenvalue weighted by atomic mass is 10.1. The standard InChI is InChI=1S/C22H21F3N6O2S/c1-31(2)11-14-6-7-16(34(26,32)33)9-18(14)29-20-17-10-19(30-21(17)28-12-27-20)13-4-3-5-15(8-13)22(23,24)25/h3-10,12H,11H2,1-2H3,(H2,26,32,33)(H2,27,28,29,30). The van der Waals surface area contributed by atoms with Gasteiger partial charge in [0.05, 0.1) is 15.8 Å². The molecule has 0 atom stereocenters. The van der Waals surface area contributed by atoms with Crippen LogP contribution in [0.1, 0.15) is 11.1 Å². The number of nitrogens with two attached hydrogens (primary N) is 1. The lowest BCUT2D eigenvalue weighted by Gasteiger charge is -2.16. The fraction of sp³-hybridized carbons (Fsp3) is 0.182. The number of anilines is 2. The monoisotopic (exact) mass is 490 g/mol. The van der Waals surface area contributed by atoms with Crippen molar-refractivity contribution in [2.45, 2.75) is 17.6 Å². The van der Waals surface area contributed by atoms with Crippen LogP contribution in [0.25, 0.3) is 22.3 Å². The number of primary sulfonamides is 1. The molecule has 0 saturated heterocycles. The van der Waals surface area contributed by atoms with Crippen molar-refractivity contribution in [2.24, 2.45) is 5.14 Å². The van der Waals surface area contributed by atoms with Crippen LogP contribution in [0, 0.1) is 0 Å². The van der Waals surface area contributed by atoms with Crippen molar-refractivity contribution in [2.75, 3.05) is 19.4 Å². The number of fused-ring (bicyclic) bond motifs is 1. The number of H-pyrrole nitrogens is 1. The molecular formula is C22H21F3N6O2S. The molecule has 0 aliphatic carbocycles. The summed E-state index contributed by atoms with van der Waals surface area (Å²) in [5.74, 6) is 0.353. The van der Waals surface area contributed by atoms with Crippen molar-refractivity contribution in [3.05, 3.63) is 66.0 Å². The van der Waals surface area contributed by atoms with Gasteiger partial charge < -0.3 is 15.2 Å². The van der Waals surface area contributed by atoms with E-state index in [-0.39, 0.29) is 4.90 Å². The molecule has 4 aromatic rings. The molecule has 0 aliphatic heterocycles. The number of benzene rings is 2. The van der Waals surface area contributed by atoms with Crippen LogP contribution in [0.5, 0.6) is 0 Å². The average Bonchev–Trinajstić information content (AvgIpc) is 3.19. The summed E-state index contributed by atoms with van der Waals surface area (Å²) in [6.07, 6.45) is -3.17. The molecule has 178 valence electrons. The lowest BCUT2D eigenvalue weighted by Crippen LogP contribution is -2.15. The zero-order valence-corrected chi connectivity index (χ0v) is 19.0. The minimum absolute atomic E-state index is 0.0680.